The molecule has 1 saturated heterocycles. The third kappa shape index (κ3) is 5.40. The molecular weight excluding hydrogens is 348 g/mol. The summed E-state index contributed by atoms with van der Waals surface area (Å²) in [5.41, 5.74) is 1.10. The third-order valence-corrected chi connectivity index (χ3v) is 4.20. The van der Waals surface area contributed by atoms with Crippen LogP contribution in [0, 0.1) is 21.4 Å². The second-order valence-corrected chi connectivity index (χ2v) is 5.97. The molecule has 2 rings (SSSR count). The molecule has 1 aromatic carbocycles. The number of nitrogens with one attached hydrogen (secondary N) is 2. The lowest BCUT2D eigenvalue weighted by Crippen LogP contribution is -2.46. The normalized spacial score (nSPS) is 17.3. The van der Waals surface area contributed by atoms with Crippen LogP contribution >= 0.6 is 12.4 Å². The van der Waals surface area contributed by atoms with E-state index in [2.05, 4.69) is 5.32 Å². The van der Waals surface area contributed by atoms with E-state index < -0.39 is 11.0 Å². The van der Waals surface area contributed by atoms with E-state index in [-0.39, 0.29) is 36.7 Å². The summed E-state index contributed by atoms with van der Waals surface area (Å²) in [5, 5.41) is 21.8. The van der Waals surface area contributed by atoms with Crippen molar-refractivity contribution in [1.82, 2.24) is 10.2 Å². The number of amides is 1. The first kappa shape index (κ1) is 20.9. The van der Waals surface area contributed by atoms with Gasteiger partial charge in [-0.25, -0.2) is 4.79 Å². The molecule has 2 atom stereocenters. The second-order valence-electron chi connectivity index (χ2n) is 5.97. The molecule has 0 radical (unpaired) electrons. The van der Waals surface area contributed by atoms with E-state index in [1.54, 1.807) is 26.1 Å². The summed E-state index contributed by atoms with van der Waals surface area (Å²) < 4.78 is 5.28. The van der Waals surface area contributed by atoms with Crippen LogP contribution in [-0.4, -0.2) is 47.8 Å². The van der Waals surface area contributed by atoms with Gasteiger partial charge >= 0.3 is 6.09 Å². The summed E-state index contributed by atoms with van der Waals surface area (Å²) >= 11 is 0. The first-order valence-corrected chi connectivity index (χ1v) is 7.79. The minimum atomic E-state index is -0.503. The van der Waals surface area contributed by atoms with Gasteiger partial charge in [-0.2, -0.15) is 0 Å². The number of hydrogen-bond donors (Lipinski definition) is 2. The van der Waals surface area contributed by atoms with E-state index >= 15 is 0 Å². The number of hydrogen-bond acceptors (Lipinski definition) is 6. The maximum absolute atomic E-state index is 12.3. The van der Waals surface area contributed by atoms with Crippen LogP contribution in [0.25, 0.3) is 0 Å². The number of nitro groups is 1. The highest BCUT2D eigenvalue weighted by atomic mass is 35.5. The van der Waals surface area contributed by atoms with Crippen molar-refractivity contribution in [2.75, 3.05) is 20.1 Å². The monoisotopic (exact) mass is 370 g/mol. The van der Waals surface area contributed by atoms with Gasteiger partial charge in [0.25, 0.3) is 5.69 Å². The topological polar surface area (TPSA) is 109 Å². The van der Waals surface area contributed by atoms with E-state index in [0.717, 1.165) is 19.5 Å². The molecule has 0 spiro atoms. The van der Waals surface area contributed by atoms with Gasteiger partial charge in [-0.3, -0.25) is 10.1 Å². The number of halogens is 1. The van der Waals surface area contributed by atoms with Crippen molar-refractivity contribution < 1.29 is 14.5 Å². The summed E-state index contributed by atoms with van der Waals surface area (Å²) in [4.78, 5) is 23.9. The summed E-state index contributed by atoms with van der Waals surface area (Å²) in [6.45, 7) is 3.40. The highest BCUT2D eigenvalue weighted by molar-refractivity contribution is 5.88. The zero-order chi connectivity index (χ0) is 17.7. The van der Waals surface area contributed by atoms with Gasteiger partial charge in [-0.05, 0) is 43.5 Å². The largest absolute Gasteiger partial charge is 0.445 e. The van der Waals surface area contributed by atoms with Crippen LogP contribution in [0.5, 0.6) is 0 Å². The van der Waals surface area contributed by atoms with Crippen molar-refractivity contribution in [2.24, 2.45) is 5.92 Å². The van der Waals surface area contributed by atoms with Gasteiger partial charge in [0, 0.05) is 31.4 Å². The molecule has 0 aromatic heterocycles. The zero-order valence-electron chi connectivity index (χ0n) is 14.2. The standard InChI is InChI=1S/C16H22N4O4.ClH/c1-11(17)15(13-7-8-18-9-13)19(2)16(21)24-10-12-3-5-14(6-4-12)20(22)23;/h3-6,13,15,17-18H,7-10H2,1-2H3;1H/t13-,15?;/m0./s1. The van der Waals surface area contributed by atoms with Crippen LogP contribution in [0.1, 0.15) is 18.9 Å². The van der Waals surface area contributed by atoms with E-state index in [1.807, 2.05) is 0 Å². The van der Waals surface area contributed by atoms with Crippen LogP contribution in [0.4, 0.5) is 10.5 Å². The zero-order valence-corrected chi connectivity index (χ0v) is 15.0. The quantitative estimate of drug-likeness (QED) is 0.454. The molecule has 1 unspecified atom stereocenters. The van der Waals surface area contributed by atoms with E-state index in [9.17, 15) is 14.9 Å². The van der Waals surface area contributed by atoms with Gasteiger partial charge in [0.1, 0.15) is 6.61 Å². The SMILES string of the molecule is CC(=N)C([C@H]1CCNC1)N(C)C(=O)OCc1ccc([N+](=O)[O-])cc1.Cl. The van der Waals surface area contributed by atoms with Crippen molar-refractivity contribution in [3.8, 4) is 0 Å². The van der Waals surface area contributed by atoms with Gasteiger partial charge in [0.2, 0.25) is 0 Å². The Kier molecular flexibility index (Phi) is 7.79. The molecular formula is C16H23ClN4O4. The van der Waals surface area contributed by atoms with Crippen LogP contribution in [0.2, 0.25) is 0 Å². The number of non-ortho nitro benzene ring substituents is 1. The highest BCUT2D eigenvalue weighted by Crippen LogP contribution is 2.20. The summed E-state index contributed by atoms with van der Waals surface area (Å²) in [6.07, 6.45) is 0.415. The Hall–Kier alpha value is -2.19. The molecule has 25 heavy (non-hydrogen) atoms. The number of rotatable bonds is 6. The lowest BCUT2D eigenvalue weighted by atomic mass is 9.94. The van der Waals surface area contributed by atoms with Gasteiger partial charge in [0.05, 0.1) is 11.0 Å². The van der Waals surface area contributed by atoms with Gasteiger partial charge in [-0.15, -0.1) is 12.4 Å². The smallest absolute Gasteiger partial charge is 0.410 e. The molecule has 1 aromatic rings. The lowest BCUT2D eigenvalue weighted by molar-refractivity contribution is -0.384. The molecule has 0 bridgehead atoms. The summed E-state index contributed by atoms with van der Waals surface area (Å²) in [7, 11) is 1.64. The number of carbonyl (C=O) groups is 1. The van der Waals surface area contributed by atoms with E-state index in [0.29, 0.717) is 11.3 Å². The molecule has 1 heterocycles. The third-order valence-electron chi connectivity index (χ3n) is 4.20. The number of benzene rings is 1. The first-order valence-electron chi connectivity index (χ1n) is 7.79. The molecule has 138 valence electrons. The van der Waals surface area contributed by atoms with Gasteiger partial charge in [0.15, 0.2) is 0 Å². The number of carbonyl (C=O) groups excluding carboxylic acids is 1. The van der Waals surface area contributed by atoms with Gasteiger partial charge < -0.3 is 20.4 Å². The molecule has 0 saturated carbocycles. The molecule has 1 aliphatic heterocycles. The van der Waals surface area contributed by atoms with E-state index in [1.165, 1.54) is 17.0 Å². The minimum absolute atomic E-state index is 0. The molecule has 8 nitrogen and oxygen atoms in total. The van der Waals surface area contributed by atoms with Crippen LogP contribution in [0.3, 0.4) is 0 Å². The predicted molar refractivity (Wildman–Crippen MR) is 96.5 cm³/mol. The molecule has 1 aliphatic rings. The Labute approximate surface area is 152 Å². The Morgan fingerprint density at radius 3 is 2.60 bits per heavy atom. The maximum atomic E-state index is 12.3. The van der Waals surface area contributed by atoms with Crippen LogP contribution in [0.15, 0.2) is 24.3 Å². The minimum Gasteiger partial charge on any atom is -0.445 e. The van der Waals surface area contributed by atoms with Crippen molar-refractivity contribution in [2.45, 2.75) is 26.0 Å². The molecule has 0 aliphatic carbocycles. The Morgan fingerprint density at radius 1 is 1.48 bits per heavy atom. The van der Waals surface area contributed by atoms with Crippen molar-refractivity contribution >= 4 is 29.9 Å². The predicted octanol–water partition coefficient (Wildman–Crippen LogP) is 2.60. The summed E-state index contributed by atoms with van der Waals surface area (Å²) in [5.74, 6) is 0.208. The molecule has 9 heteroatoms. The molecule has 2 N–H and O–H groups in total. The van der Waals surface area contributed by atoms with Crippen molar-refractivity contribution in [1.29, 1.82) is 5.41 Å². The lowest BCUT2D eigenvalue weighted by Gasteiger charge is -2.31. The van der Waals surface area contributed by atoms with Crippen molar-refractivity contribution in [3.05, 3.63) is 39.9 Å². The fourth-order valence-corrected chi connectivity index (χ4v) is 2.98. The molecule has 1 amide bonds. The average molecular weight is 371 g/mol. The van der Waals surface area contributed by atoms with Gasteiger partial charge in [-0.1, -0.05) is 0 Å². The maximum Gasteiger partial charge on any atom is 0.410 e. The highest BCUT2D eigenvalue weighted by Gasteiger charge is 2.32. The second kappa shape index (κ2) is 9.33. The van der Waals surface area contributed by atoms with E-state index in [4.69, 9.17) is 10.1 Å². The van der Waals surface area contributed by atoms with Crippen LogP contribution < -0.4 is 5.32 Å². The van der Waals surface area contributed by atoms with Crippen LogP contribution in [-0.2, 0) is 11.3 Å². The fraction of sp³-hybridized carbons (Fsp3) is 0.500. The first-order chi connectivity index (χ1) is 11.4. The summed E-state index contributed by atoms with van der Waals surface area (Å²) in [6, 6.07) is 5.59. The number of nitrogens with zero attached hydrogens (tertiary/aromatic N) is 2. The molecule has 1 fully saturated rings. The Balaban J connectivity index is 0.00000312. The number of nitro benzene ring substituents is 1. The Morgan fingerprint density at radius 2 is 2.12 bits per heavy atom. The Bertz CT molecular complexity index is 617. The number of ether oxygens (including phenoxy) is 1. The fourth-order valence-electron chi connectivity index (χ4n) is 2.98. The van der Waals surface area contributed by atoms with Crippen molar-refractivity contribution in [3.63, 3.8) is 0 Å². The average Bonchev–Trinajstić information content (AvgIpc) is 3.06.